The van der Waals surface area contributed by atoms with E-state index < -0.39 is 46.5 Å². The summed E-state index contributed by atoms with van der Waals surface area (Å²) in [5, 5.41) is 2.44. The third kappa shape index (κ3) is 2.90. The van der Waals surface area contributed by atoms with E-state index in [4.69, 9.17) is 4.74 Å². The number of hydrogen-bond donors (Lipinski definition) is 1. The van der Waals surface area contributed by atoms with Crippen molar-refractivity contribution in [1.29, 1.82) is 0 Å². The maximum atomic E-state index is 12.4. The predicted octanol–water partition coefficient (Wildman–Crippen LogP) is -0.685. The zero-order chi connectivity index (χ0) is 19.1. The number of carbonyl (C=O) groups is 4. The van der Waals surface area contributed by atoms with E-state index in [1.54, 1.807) is 0 Å². The quantitative estimate of drug-likeness (QED) is 0.684. The van der Waals surface area contributed by atoms with Crippen LogP contribution in [0.1, 0.15) is 17.3 Å². The van der Waals surface area contributed by atoms with E-state index in [1.807, 2.05) is 0 Å². The van der Waals surface area contributed by atoms with Crippen LogP contribution in [-0.4, -0.2) is 67.2 Å². The van der Waals surface area contributed by atoms with E-state index >= 15 is 0 Å². The Morgan fingerprint density at radius 2 is 1.96 bits per heavy atom. The number of nitrogens with one attached hydrogen (secondary N) is 1. The highest BCUT2D eigenvalue weighted by molar-refractivity contribution is 7.90. The van der Waals surface area contributed by atoms with Gasteiger partial charge in [-0.25, -0.2) is 17.5 Å². The highest BCUT2D eigenvalue weighted by Crippen LogP contribution is 2.29. The number of fused-ring (bicyclic) bond motifs is 1. The number of amides is 4. The van der Waals surface area contributed by atoms with Crippen LogP contribution in [0.25, 0.3) is 0 Å². The fourth-order valence-corrected chi connectivity index (χ4v) is 4.20. The first-order chi connectivity index (χ1) is 12.2. The molecule has 0 aromatic heterocycles. The molecule has 0 aliphatic carbocycles. The SMILES string of the molecule is C[C@H](OC(=O)CN1C(=O)c2ccccc2S1(=O)=O)C(=O)N1CCNC1=O. The van der Waals surface area contributed by atoms with Crippen LogP contribution in [0.4, 0.5) is 4.79 Å². The molecule has 11 heteroatoms. The molecule has 138 valence electrons. The molecule has 1 N–H and O–H groups in total. The zero-order valence-electron chi connectivity index (χ0n) is 13.7. The van der Waals surface area contributed by atoms with Gasteiger partial charge in [-0.3, -0.25) is 19.3 Å². The van der Waals surface area contributed by atoms with Gasteiger partial charge in [0, 0.05) is 13.1 Å². The molecule has 1 saturated heterocycles. The Balaban J connectivity index is 1.68. The molecule has 2 aliphatic rings. The third-order valence-corrected chi connectivity index (χ3v) is 5.75. The van der Waals surface area contributed by atoms with Crippen molar-refractivity contribution in [3.8, 4) is 0 Å². The second-order valence-corrected chi connectivity index (χ2v) is 7.50. The van der Waals surface area contributed by atoms with Crippen molar-refractivity contribution >= 4 is 33.8 Å². The summed E-state index contributed by atoms with van der Waals surface area (Å²) in [7, 11) is -4.15. The molecule has 4 amide bonds. The van der Waals surface area contributed by atoms with Crippen molar-refractivity contribution in [3.05, 3.63) is 29.8 Å². The zero-order valence-corrected chi connectivity index (χ0v) is 14.5. The smallest absolute Gasteiger partial charge is 0.327 e. The topological polar surface area (TPSA) is 130 Å². The number of rotatable bonds is 4. The fraction of sp³-hybridized carbons (Fsp3) is 0.333. The van der Waals surface area contributed by atoms with Gasteiger partial charge in [0.1, 0.15) is 11.4 Å². The monoisotopic (exact) mass is 381 g/mol. The highest BCUT2D eigenvalue weighted by Gasteiger charge is 2.42. The second kappa shape index (κ2) is 6.41. The summed E-state index contributed by atoms with van der Waals surface area (Å²) in [4.78, 5) is 48.5. The number of sulfonamides is 1. The van der Waals surface area contributed by atoms with Gasteiger partial charge < -0.3 is 10.1 Å². The van der Waals surface area contributed by atoms with Gasteiger partial charge in [-0.15, -0.1) is 0 Å². The van der Waals surface area contributed by atoms with Gasteiger partial charge in [0.2, 0.25) is 0 Å². The summed E-state index contributed by atoms with van der Waals surface area (Å²) in [6.45, 7) is 0.846. The largest absolute Gasteiger partial charge is 0.451 e. The minimum Gasteiger partial charge on any atom is -0.451 e. The maximum Gasteiger partial charge on any atom is 0.327 e. The van der Waals surface area contributed by atoms with Crippen molar-refractivity contribution in [3.63, 3.8) is 0 Å². The molecule has 3 rings (SSSR count). The van der Waals surface area contributed by atoms with Gasteiger partial charge in [-0.2, -0.15) is 0 Å². The summed E-state index contributed by atoms with van der Waals surface area (Å²) < 4.78 is 30.1. The van der Waals surface area contributed by atoms with Crippen molar-refractivity contribution in [2.75, 3.05) is 19.6 Å². The van der Waals surface area contributed by atoms with Crippen molar-refractivity contribution in [2.24, 2.45) is 0 Å². The van der Waals surface area contributed by atoms with Crippen LogP contribution >= 0.6 is 0 Å². The third-order valence-electron chi connectivity index (χ3n) is 3.96. The lowest BCUT2D eigenvalue weighted by molar-refractivity contribution is -0.157. The minimum atomic E-state index is -4.15. The summed E-state index contributed by atoms with van der Waals surface area (Å²) in [5.74, 6) is -2.64. The van der Waals surface area contributed by atoms with Gasteiger partial charge in [0.15, 0.2) is 6.10 Å². The van der Waals surface area contributed by atoms with E-state index in [0.29, 0.717) is 10.8 Å². The number of ether oxygens (including phenoxy) is 1. The number of esters is 1. The molecule has 1 aromatic rings. The number of carbonyl (C=O) groups excluding carboxylic acids is 4. The van der Waals surface area contributed by atoms with E-state index in [2.05, 4.69) is 5.32 Å². The van der Waals surface area contributed by atoms with E-state index in [-0.39, 0.29) is 17.0 Å². The van der Waals surface area contributed by atoms with Crippen LogP contribution < -0.4 is 5.32 Å². The molecule has 0 unspecified atom stereocenters. The molecular weight excluding hydrogens is 366 g/mol. The normalized spacial score (nSPS) is 19.1. The Kier molecular flexibility index (Phi) is 4.40. The standard InChI is InChI=1S/C15H15N3O7S/c1-9(13(20)17-7-6-16-15(17)22)25-12(19)8-18-14(21)10-4-2-3-5-11(10)26(18,23)24/h2-5,9H,6-8H2,1H3,(H,16,22)/t9-/m0/s1. The lowest BCUT2D eigenvalue weighted by Crippen LogP contribution is -2.43. The lowest BCUT2D eigenvalue weighted by Gasteiger charge is -2.19. The van der Waals surface area contributed by atoms with Crippen LogP contribution in [0.3, 0.4) is 0 Å². The van der Waals surface area contributed by atoms with Crippen molar-refractivity contribution < 1.29 is 32.3 Å². The highest BCUT2D eigenvalue weighted by atomic mass is 32.2. The first-order valence-electron chi connectivity index (χ1n) is 7.68. The van der Waals surface area contributed by atoms with Gasteiger partial charge >= 0.3 is 12.0 Å². The molecule has 2 aliphatic heterocycles. The molecule has 10 nitrogen and oxygen atoms in total. The Bertz CT molecular complexity index is 912. The van der Waals surface area contributed by atoms with Gasteiger partial charge in [0.25, 0.3) is 21.8 Å². The molecule has 0 spiro atoms. The van der Waals surface area contributed by atoms with Gasteiger partial charge in [0.05, 0.1) is 5.56 Å². The molecular formula is C15H15N3O7S. The summed E-state index contributed by atoms with van der Waals surface area (Å²) in [5.41, 5.74) is -0.0295. The average molecular weight is 381 g/mol. The Hall–Kier alpha value is -2.95. The molecule has 0 bridgehead atoms. The number of imide groups is 1. The van der Waals surface area contributed by atoms with Gasteiger partial charge in [-0.1, -0.05) is 12.1 Å². The van der Waals surface area contributed by atoms with Crippen LogP contribution in [0.2, 0.25) is 0 Å². The molecule has 0 saturated carbocycles. The molecule has 1 aromatic carbocycles. The number of hydrogen-bond acceptors (Lipinski definition) is 7. The first-order valence-corrected chi connectivity index (χ1v) is 9.12. The Morgan fingerprint density at radius 1 is 1.27 bits per heavy atom. The number of nitrogens with zero attached hydrogens (tertiary/aromatic N) is 2. The molecule has 1 fully saturated rings. The van der Waals surface area contributed by atoms with Crippen molar-refractivity contribution in [1.82, 2.24) is 14.5 Å². The summed E-state index contributed by atoms with van der Waals surface area (Å²) >= 11 is 0. The van der Waals surface area contributed by atoms with Gasteiger partial charge in [-0.05, 0) is 19.1 Å². The maximum absolute atomic E-state index is 12.4. The molecule has 2 heterocycles. The fourth-order valence-electron chi connectivity index (χ4n) is 2.69. The summed E-state index contributed by atoms with van der Waals surface area (Å²) in [6, 6.07) is 5.00. The molecule has 1 atom stereocenters. The minimum absolute atomic E-state index is 0.0295. The van der Waals surface area contributed by atoms with Crippen LogP contribution in [-0.2, 0) is 24.3 Å². The van der Waals surface area contributed by atoms with E-state index in [0.717, 1.165) is 4.90 Å². The second-order valence-electron chi connectivity index (χ2n) is 5.67. The van der Waals surface area contributed by atoms with Crippen LogP contribution in [0.15, 0.2) is 29.2 Å². The summed E-state index contributed by atoms with van der Waals surface area (Å²) in [6.07, 6.45) is -1.30. The average Bonchev–Trinajstić information content (AvgIpc) is 3.10. The van der Waals surface area contributed by atoms with E-state index in [1.165, 1.54) is 31.2 Å². The molecule has 26 heavy (non-hydrogen) atoms. The first kappa shape index (κ1) is 17.9. The predicted molar refractivity (Wildman–Crippen MR) is 85.3 cm³/mol. The number of benzene rings is 1. The Morgan fingerprint density at radius 3 is 2.58 bits per heavy atom. The Labute approximate surface area is 148 Å². The lowest BCUT2D eigenvalue weighted by atomic mass is 10.2. The number of urea groups is 1. The molecule has 0 radical (unpaired) electrons. The van der Waals surface area contributed by atoms with Crippen LogP contribution in [0.5, 0.6) is 0 Å². The van der Waals surface area contributed by atoms with E-state index in [9.17, 15) is 27.6 Å². The van der Waals surface area contributed by atoms with Crippen molar-refractivity contribution in [2.45, 2.75) is 17.9 Å². The van der Waals surface area contributed by atoms with Crippen LogP contribution in [0, 0.1) is 0 Å².